The van der Waals surface area contributed by atoms with Crippen molar-refractivity contribution in [3.63, 3.8) is 0 Å². The summed E-state index contributed by atoms with van der Waals surface area (Å²) in [5.41, 5.74) is 0.371. The predicted molar refractivity (Wildman–Crippen MR) is 95.3 cm³/mol. The average molecular weight is 334 g/mol. The van der Waals surface area contributed by atoms with Crippen LogP contribution in [0.1, 0.15) is 39.2 Å². The average Bonchev–Trinajstić information content (AvgIpc) is 3.03. The van der Waals surface area contributed by atoms with Gasteiger partial charge in [-0.3, -0.25) is 0 Å². The van der Waals surface area contributed by atoms with Gasteiger partial charge < -0.3 is 20.1 Å². The molecule has 1 heterocycles. The van der Waals surface area contributed by atoms with E-state index in [0.717, 1.165) is 25.0 Å². The van der Waals surface area contributed by atoms with Crippen LogP contribution in [-0.2, 0) is 6.42 Å². The third kappa shape index (κ3) is 4.87. The van der Waals surface area contributed by atoms with Gasteiger partial charge in [0.05, 0.1) is 18.8 Å². The predicted octanol–water partition coefficient (Wildman–Crippen LogP) is 2.82. The molecule has 1 fully saturated rings. The number of carbonyl (C=O) groups is 1. The van der Waals surface area contributed by atoms with Gasteiger partial charge in [0, 0.05) is 13.1 Å². The van der Waals surface area contributed by atoms with Gasteiger partial charge in [-0.05, 0) is 56.7 Å². The van der Waals surface area contributed by atoms with Crippen molar-refractivity contribution >= 4 is 6.03 Å². The van der Waals surface area contributed by atoms with E-state index in [0.29, 0.717) is 19.0 Å². The molecule has 1 aromatic rings. The molecule has 0 bridgehead atoms. The molecule has 2 amide bonds. The molecule has 2 atom stereocenters. The number of hydrogen-bond donors (Lipinski definition) is 2. The minimum Gasteiger partial charge on any atom is -0.497 e. The van der Waals surface area contributed by atoms with Crippen molar-refractivity contribution < 1.29 is 14.6 Å². The zero-order valence-electron chi connectivity index (χ0n) is 15.2. The summed E-state index contributed by atoms with van der Waals surface area (Å²) < 4.78 is 5.16. The van der Waals surface area contributed by atoms with Gasteiger partial charge in [0.25, 0.3) is 0 Å². The smallest absolute Gasteiger partial charge is 0.317 e. The minimum atomic E-state index is -0.859. The number of benzene rings is 1. The van der Waals surface area contributed by atoms with Crippen molar-refractivity contribution in [3.05, 3.63) is 29.8 Å². The number of amides is 2. The SMILES string of the molecule is COc1ccc(C[C@@H](C)CNC(=O)N2CCC[C@@H]2C(C)(C)O)cc1. The van der Waals surface area contributed by atoms with Gasteiger partial charge in [0.15, 0.2) is 0 Å². The van der Waals surface area contributed by atoms with E-state index in [1.54, 1.807) is 25.9 Å². The normalized spacial score (nSPS) is 19.2. The number of nitrogens with one attached hydrogen (secondary N) is 1. The summed E-state index contributed by atoms with van der Waals surface area (Å²) in [7, 11) is 1.66. The largest absolute Gasteiger partial charge is 0.497 e. The molecule has 0 aliphatic carbocycles. The van der Waals surface area contributed by atoms with E-state index in [4.69, 9.17) is 4.74 Å². The Kier molecular flexibility index (Phi) is 6.10. The van der Waals surface area contributed by atoms with Crippen LogP contribution in [-0.4, -0.2) is 47.9 Å². The summed E-state index contributed by atoms with van der Waals surface area (Å²) in [5, 5.41) is 13.2. The summed E-state index contributed by atoms with van der Waals surface area (Å²) in [5.74, 6) is 1.19. The Morgan fingerprint density at radius 3 is 2.67 bits per heavy atom. The van der Waals surface area contributed by atoms with Crippen molar-refractivity contribution in [2.75, 3.05) is 20.2 Å². The number of urea groups is 1. The fourth-order valence-corrected chi connectivity index (χ4v) is 3.34. The molecule has 2 rings (SSSR count). The highest BCUT2D eigenvalue weighted by Crippen LogP contribution is 2.26. The van der Waals surface area contributed by atoms with Gasteiger partial charge in [-0.25, -0.2) is 4.79 Å². The van der Waals surface area contributed by atoms with E-state index in [9.17, 15) is 9.90 Å². The number of ether oxygens (including phenoxy) is 1. The first kappa shape index (κ1) is 18.6. The van der Waals surface area contributed by atoms with E-state index in [2.05, 4.69) is 24.4 Å². The molecule has 0 radical (unpaired) electrons. The molecule has 5 nitrogen and oxygen atoms in total. The second-order valence-corrected chi connectivity index (χ2v) is 7.35. The van der Waals surface area contributed by atoms with Gasteiger partial charge in [-0.2, -0.15) is 0 Å². The summed E-state index contributed by atoms with van der Waals surface area (Å²) in [6.07, 6.45) is 2.71. The van der Waals surface area contributed by atoms with Crippen LogP contribution in [0, 0.1) is 5.92 Å². The van der Waals surface area contributed by atoms with Gasteiger partial charge in [0.1, 0.15) is 5.75 Å². The Bertz CT molecular complexity index is 537. The molecule has 0 aromatic heterocycles. The molecule has 1 aromatic carbocycles. The van der Waals surface area contributed by atoms with Gasteiger partial charge >= 0.3 is 6.03 Å². The molecule has 1 saturated heterocycles. The third-order valence-corrected chi connectivity index (χ3v) is 4.67. The lowest BCUT2D eigenvalue weighted by Gasteiger charge is -2.34. The van der Waals surface area contributed by atoms with Crippen molar-refractivity contribution in [2.45, 2.75) is 51.7 Å². The Morgan fingerprint density at radius 2 is 2.08 bits per heavy atom. The monoisotopic (exact) mass is 334 g/mol. The van der Waals surface area contributed by atoms with Crippen LogP contribution in [0.15, 0.2) is 24.3 Å². The second-order valence-electron chi connectivity index (χ2n) is 7.35. The van der Waals surface area contributed by atoms with Crippen molar-refractivity contribution in [2.24, 2.45) is 5.92 Å². The summed E-state index contributed by atoms with van der Waals surface area (Å²) >= 11 is 0. The first-order chi connectivity index (χ1) is 11.3. The highest BCUT2D eigenvalue weighted by molar-refractivity contribution is 5.75. The molecule has 1 aliphatic rings. The maximum atomic E-state index is 12.4. The minimum absolute atomic E-state index is 0.0683. The van der Waals surface area contributed by atoms with Crippen molar-refractivity contribution in [1.82, 2.24) is 10.2 Å². The highest BCUT2D eigenvalue weighted by atomic mass is 16.5. The number of aliphatic hydroxyl groups is 1. The van der Waals surface area contributed by atoms with E-state index < -0.39 is 5.60 Å². The molecule has 2 N–H and O–H groups in total. The fourth-order valence-electron chi connectivity index (χ4n) is 3.34. The first-order valence-corrected chi connectivity index (χ1v) is 8.71. The maximum Gasteiger partial charge on any atom is 0.317 e. The van der Waals surface area contributed by atoms with E-state index in [1.807, 2.05) is 12.1 Å². The van der Waals surface area contributed by atoms with Gasteiger partial charge in [-0.1, -0.05) is 19.1 Å². The molecular weight excluding hydrogens is 304 g/mol. The standard InChI is InChI=1S/C19H30N2O3/c1-14(12-15-7-9-16(24-4)10-8-15)13-20-18(22)21-11-5-6-17(21)19(2,3)23/h7-10,14,17,23H,5-6,11-13H2,1-4H3,(H,20,22)/t14-,17-/m1/s1. The van der Waals surface area contributed by atoms with Crippen LogP contribution >= 0.6 is 0 Å². The van der Waals surface area contributed by atoms with Crippen LogP contribution in [0.3, 0.4) is 0 Å². The third-order valence-electron chi connectivity index (χ3n) is 4.67. The first-order valence-electron chi connectivity index (χ1n) is 8.71. The molecule has 5 heteroatoms. The van der Waals surface area contributed by atoms with Crippen LogP contribution in [0.25, 0.3) is 0 Å². The lowest BCUT2D eigenvalue weighted by atomic mass is 9.97. The Labute approximate surface area is 145 Å². The summed E-state index contributed by atoms with van der Waals surface area (Å²) in [6, 6.07) is 7.86. The molecule has 24 heavy (non-hydrogen) atoms. The second kappa shape index (κ2) is 7.88. The van der Waals surface area contributed by atoms with E-state index >= 15 is 0 Å². The fraction of sp³-hybridized carbons (Fsp3) is 0.632. The maximum absolute atomic E-state index is 12.4. The Balaban J connectivity index is 1.82. The topological polar surface area (TPSA) is 61.8 Å². The van der Waals surface area contributed by atoms with E-state index in [-0.39, 0.29) is 12.1 Å². The van der Waals surface area contributed by atoms with Crippen LogP contribution in [0.2, 0.25) is 0 Å². The van der Waals surface area contributed by atoms with Gasteiger partial charge in [0.2, 0.25) is 0 Å². The zero-order chi connectivity index (χ0) is 17.7. The Hall–Kier alpha value is -1.75. The van der Waals surface area contributed by atoms with Crippen molar-refractivity contribution in [1.29, 1.82) is 0 Å². The number of nitrogens with zero attached hydrogens (tertiary/aromatic N) is 1. The van der Waals surface area contributed by atoms with Crippen LogP contribution in [0.5, 0.6) is 5.75 Å². The van der Waals surface area contributed by atoms with Crippen molar-refractivity contribution in [3.8, 4) is 5.75 Å². The van der Waals surface area contributed by atoms with E-state index in [1.165, 1.54) is 5.56 Å². The number of hydrogen-bond acceptors (Lipinski definition) is 3. The molecule has 134 valence electrons. The lowest BCUT2D eigenvalue weighted by Crippen LogP contribution is -2.52. The molecule has 0 spiro atoms. The van der Waals surface area contributed by atoms with Gasteiger partial charge in [-0.15, -0.1) is 0 Å². The quantitative estimate of drug-likeness (QED) is 0.841. The number of rotatable bonds is 6. The molecule has 0 unspecified atom stereocenters. The molecule has 1 aliphatic heterocycles. The molecule has 0 saturated carbocycles. The Morgan fingerprint density at radius 1 is 1.42 bits per heavy atom. The number of methoxy groups -OCH3 is 1. The lowest BCUT2D eigenvalue weighted by molar-refractivity contribution is 0.00975. The number of likely N-dealkylation sites (tertiary alicyclic amines) is 1. The number of carbonyl (C=O) groups excluding carboxylic acids is 1. The molecular formula is C19H30N2O3. The summed E-state index contributed by atoms with van der Waals surface area (Å²) in [4.78, 5) is 14.2. The zero-order valence-corrected chi connectivity index (χ0v) is 15.2. The van der Waals surface area contributed by atoms with Crippen LogP contribution < -0.4 is 10.1 Å². The highest BCUT2D eigenvalue weighted by Gasteiger charge is 2.38. The van der Waals surface area contributed by atoms with Crippen LogP contribution in [0.4, 0.5) is 4.79 Å². The summed E-state index contributed by atoms with van der Waals surface area (Å²) in [6.45, 7) is 7.01.